The van der Waals surface area contributed by atoms with E-state index in [0.29, 0.717) is 11.7 Å². The fourth-order valence-corrected chi connectivity index (χ4v) is 6.71. The highest BCUT2D eigenvalue weighted by Crippen LogP contribution is 2.40. The third-order valence-corrected chi connectivity index (χ3v) is 8.93. The monoisotopic (exact) mass is 605 g/mol. The van der Waals surface area contributed by atoms with Gasteiger partial charge in [0.15, 0.2) is 6.61 Å². The van der Waals surface area contributed by atoms with Crippen LogP contribution in [0.15, 0.2) is 84.9 Å². The minimum Gasteiger partial charge on any atom is -0.484 e. The lowest BCUT2D eigenvalue weighted by atomic mass is 9.85. The number of para-hydroxylation sites is 1. The smallest absolute Gasteiger partial charge is 0.324 e. The molecule has 6 rings (SSSR count). The van der Waals surface area contributed by atoms with Gasteiger partial charge < -0.3 is 15.0 Å². The number of ether oxygens (including phenoxy) is 1. The number of hydrogen-bond donors (Lipinski definition) is 2. The molecule has 3 heterocycles. The van der Waals surface area contributed by atoms with Crippen LogP contribution < -0.4 is 15.4 Å². The molecule has 0 saturated carbocycles. The zero-order valence-corrected chi connectivity index (χ0v) is 26.6. The van der Waals surface area contributed by atoms with E-state index in [1.54, 1.807) is 4.68 Å². The number of hydrogen-bond acceptors (Lipinski definition) is 4. The van der Waals surface area contributed by atoms with Crippen molar-refractivity contribution in [2.24, 2.45) is 5.92 Å². The molecule has 8 heteroatoms. The van der Waals surface area contributed by atoms with Crippen LogP contribution >= 0.6 is 0 Å². The molecule has 2 aliphatic heterocycles. The van der Waals surface area contributed by atoms with Gasteiger partial charge in [0.2, 0.25) is 0 Å². The van der Waals surface area contributed by atoms with E-state index in [1.807, 2.05) is 79.7 Å². The van der Waals surface area contributed by atoms with Gasteiger partial charge in [0.1, 0.15) is 11.6 Å². The van der Waals surface area contributed by atoms with Gasteiger partial charge in [0.05, 0.1) is 11.4 Å². The molecule has 2 bridgehead atoms. The maximum absolute atomic E-state index is 13.2. The fourth-order valence-electron chi connectivity index (χ4n) is 6.71. The highest BCUT2D eigenvalue weighted by molar-refractivity contribution is 5.99. The molecule has 1 aromatic heterocycles. The van der Waals surface area contributed by atoms with E-state index in [1.165, 1.54) is 5.56 Å². The summed E-state index contributed by atoms with van der Waals surface area (Å²) in [5.41, 5.74) is 4.70. The number of nitrogens with zero attached hydrogens (tertiary/aromatic N) is 3. The van der Waals surface area contributed by atoms with E-state index < -0.39 is 0 Å². The zero-order valence-electron chi connectivity index (χ0n) is 26.6. The number of piperidine rings is 1. The zero-order chi connectivity index (χ0) is 31.6. The average Bonchev–Trinajstić information content (AvgIpc) is 3.55. The van der Waals surface area contributed by atoms with Gasteiger partial charge in [-0.15, -0.1) is 0 Å². The third kappa shape index (κ3) is 7.22. The molecule has 45 heavy (non-hydrogen) atoms. The molecule has 2 fully saturated rings. The van der Waals surface area contributed by atoms with Crippen LogP contribution in [0.3, 0.4) is 0 Å². The van der Waals surface area contributed by atoms with E-state index in [4.69, 9.17) is 9.84 Å². The van der Waals surface area contributed by atoms with Gasteiger partial charge in [-0.25, -0.2) is 9.48 Å². The van der Waals surface area contributed by atoms with E-state index >= 15 is 0 Å². The van der Waals surface area contributed by atoms with Gasteiger partial charge in [0, 0.05) is 29.3 Å². The fraction of sp³-hybridized carbons (Fsp3) is 0.378. The highest BCUT2D eigenvalue weighted by atomic mass is 16.5. The predicted octanol–water partition coefficient (Wildman–Crippen LogP) is 7.51. The Balaban J connectivity index is 1.07. The van der Waals surface area contributed by atoms with Crippen molar-refractivity contribution >= 4 is 23.4 Å². The summed E-state index contributed by atoms with van der Waals surface area (Å²) >= 11 is 0. The Labute approximate surface area is 265 Å². The number of aromatic nitrogens is 2. The molecule has 4 aromatic rings. The van der Waals surface area contributed by atoms with Crippen LogP contribution in [0.1, 0.15) is 63.3 Å². The maximum Gasteiger partial charge on any atom is 0.324 e. The first-order valence-corrected chi connectivity index (χ1v) is 16.0. The lowest BCUT2D eigenvalue weighted by Crippen LogP contribution is -2.48. The predicted molar refractivity (Wildman–Crippen MR) is 178 cm³/mol. The number of anilines is 2. The molecule has 2 N–H and O–H groups in total. The van der Waals surface area contributed by atoms with E-state index in [9.17, 15) is 9.59 Å². The van der Waals surface area contributed by atoms with Gasteiger partial charge in [-0.2, -0.15) is 5.10 Å². The molecule has 0 radical (unpaired) electrons. The molecule has 2 unspecified atom stereocenters. The Morgan fingerprint density at radius 3 is 2.29 bits per heavy atom. The number of nitrogens with one attached hydrogen (secondary N) is 2. The molecule has 2 aliphatic rings. The van der Waals surface area contributed by atoms with E-state index in [2.05, 4.69) is 48.4 Å². The summed E-state index contributed by atoms with van der Waals surface area (Å²) in [6, 6.07) is 27.9. The van der Waals surface area contributed by atoms with Crippen LogP contribution in [0, 0.1) is 12.8 Å². The number of carbonyl (C=O) groups excluding carboxylic acids is 2. The van der Waals surface area contributed by atoms with Gasteiger partial charge in [-0.3, -0.25) is 10.1 Å². The lowest BCUT2D eigenvalue weighted by Gasteiger charge is -2.39. The Hall–Kier alpha value is -4.59. The van der Waals surface area contributed by atoms with E-state index in [-0.39, 0.29) is 36.0 Å². The second-order valence-electron chi connectivity index (χ2n) is 13.5. The van der Waals surface area contributed by atoms with Crippen molar-refractivity contribution in [2.45, 2.75) is 77.3 Å². The molecule has 3 amide bonds. The SMILES string of the molecule is Cc1ccc(-n2nc(C(C)(C)C)cc2NC(=O)Nc2cccc(CC3CC4CCC(C3)N4C(=O)COc3ccccc3)c2)cc1. The van der Waals surface area contributed by atoms with Crippen molar-refractivity contribution in [3.63, 3.8) is 0 Å². The topological polar surface area (TPSA) is 88.5 Å². The second-order valence-corrected chi connectivity index (χ2v) is 13.5. The summed E-state index contributed by atoms with van der Waals surface area (Å²) in [7, 11) is 0. The third-order valence-electron chi connectivity index (χ3n) is 8.93. The van der Waals surface area contributed by atoms with Crippen LogP contribution in [0.4, 0.5) is 16.3 Å². The summed E-state index contributed by atoms with van der Waals surface area (Å²) in [5.74, 6) is 1.91. The number of fused-ring (bicyclic) bond motifs is 2. The standard InChI is InChI=1S/C37H43N5O3/c1-25-13-15-29(16-14-25)42-34(23-33(40-42)37(2,3)4)39-36(44)38-28-10-8-9-26(20-28)19-27-21-30-17-18-31(22-27)41(30)35(43)24-45-32-11-6-5-7-12-32/h5-16,20,23,27,30-31H,17-19,21-22,24H2,1-4H3,(H2,38,39,44). The Morgan fingerprint density at radius 1 is 0.889 bits per heavy atom. The molecule has 0 spiro atoms. The van der Waals surface area contributed by atoms with Crippen molar-refractivity contribution in [1.29, 1.82) is 0 Å². The molecule has 0 aliphatic carbocycles. The first-order valence-electron chi connectivity index (χ1n) is 16.0. The summed E-state index contributed by atoms with van der Waals surface area (Å²) < 4.78 is 7.55. The van der Waals surface area contributed by atoms with Gasteiger partial charge >= 0.3 is 6.03 Å². The summed E-state index contributed by atoms with van der Waals surface area (Å²) in [6.45, 7) is 8.46. The number of aryl methyl sites for hydroxylation is 1. The van der Waals surface area contributed by atoms with Crippen LogP contribution in [0.2, 0.25) is 0 Å². The Bertz CT molecular complexity index is 1630. The first-order chi connectivity index (χ1) is 21.6. The molecular formula is C37H43N5O3. The van der Waals surface area contributed by atoms with E-state index in [0.717, 1.165) is 60.5 Å². The number of rotatable bonds is 8. The van der Waals surface area contributed by atoms with Crippen molar-refractivity contribution in [2.75, 3.05) is 17.2 Å². The minimum absolute atomic E-state index is 0.0837. The number of benzene rings is 3. The molecule has 2 atom stereocenters. The molecule has 2 saturated heterocycles. The number of amides is 3. The summed E-state index contributed by atoms with van der Waals surface area (Å²) in [4.78, 5) is 28.4. The molecule has 8 nitrogen and oxygen atoms in total. The first kappa shape index (κ1) is 30.4. The second kappa shape index (κ2) is 12.8. The van der Waals surface area contributed by atoms with Crippen molar-refractivity contribution in [3.05, 3.63) is 102 Å². The highest BCUT2D eigenvalue weighted by Gasteiger charge is 2.43. The molecule has 3 aromatic carbocycles. The average molecular weight is 606 g/mol. The quantitative estimate of drug-likeness (QED) is 0.218. The number of urea groups is 1. The Kier molecular flexibility index (Phi) is 8.65. The van der Waals surface area contributed by atoms with Crippen LogP contribution in [0.25, 0.3) is 5.69 Å². The normalized spacial score (nSPS) is 19.3. The number of carbonyl (C=O) groups is 2. The Morgan fingerprint density at radius 2 is 1.60 bits per heavy atom. The lowest BCUT2D eigenvalue weighted by molar-refractivity contribution is -0.138. The summed E-state index contributed by atoms with van der Waals surface area (Å²) in [5, 5.41) is 10.9. The molecule has 234 valence electrons. The van der Waals surface area contributed by atoms with Crippen LogP contribution in [0.5, 0.6) is 5.75 Å². The van der Waals surface area contributed by atoms with Gasteiger partial charge in [-0.1, -0.05) is 68.8 Å². The van der Waals surface area contributed by atoms with Crippen molar-refractivity contribution < 1.29 is 14.3 Å². The maximum atomic E-state index is 13.2. The van der Waals surface area contributed by atoms with Gasteiger partial charge in [-0.05, 0) is 86.9 Å². The summed E-state index contributed by atoms with van der Waals surface area (Å²) in [6.07, 6.45) is 5.00. The van der Waals surface area contributed by atoms with Crippen molar-refractivity contribution in [3.8, 4) is 11.4 Å². The van der Waals surface area contributed by atoms with Crippen LogP contribution in [-0.4, -0.2) is 45.3 Å². The van der Waals surface area contributed by atoms with Crippen molar-refractivity contribution in [1.82, 2.24) is 14.7 Å². The minimum atomic E-state index is -0.316. The largest absolute Gasteiger partial charge is 0.484 e. The van der Waals surface area contributed by atoms with Gasteiger partial charge in [0.25, 0.3) is 5.91 Å². The van der Waals surface area contributed by atoms with Crippen LogP contribution in [-0.2, 0) is 16.6 Å². The molecular weight excluding hydrogens is 562 g/mol.